The average molecular weight is 165 g/mol. The first-order valence-corrected chi connectivity index (χ1v) is 3.27. The smallest absolute Gasteiger partial charge is 0.224 e. The lowest BCUT2D eigenvalue weighted by Gasteiger charge is -2.11. The van der Waals surface area contributed by atoms with Crippen molar-refractivity contribution >= 4 is 18.3 Å². The Balaban J connectivity index is 0.000000810. The highest BCUT2D eigenvalue weighted by molar-refractivity contribution is 5.85. The summed E-state index contributed by atoms with van der Waals surface area (Å²) >= 11 is 0. The molecular formula is C6H13ClN2O. The van der Waals surface area contributed by atoms with Crippen LogP contribution in [0.25, 0.3) is 0 Å². The van der Waals surface area contributed by atoms with Gasteiger partial charge >= 0.3 is 0 Å². The van der Waals surface area contributed by atoms with Crippen LogP contribution in [0, 0.1) is 0 Å². The summed E-state index contributed by atoms with van der Waals surface area (Å²) < 4.78 is 0. The van der Waals surface area contributed by atoms with Gasteiger partial charge in [-0.05, 0) is 6.92 Å². The zero-order valence-electron chi connectivity index (χ0n) is 6.04. The minimum absolute atomic E-state index is 0. The van der Waals surface area contributed by atoms with Crippen LogP contribution in [-0.2, 0) is 4.79 Å². The molecule has 0 radical (unpaired) electrons. The third kappa shape index (κ3) is 1.85. The Labute approximate surface area is 67.0 Å². The number of amides is 1. The van der Waals surface area contributed by atoms with Gasteiger partial charge in [0.15, 0.2) is 0 Å². The van der Waals surface area contributed by atoms with Crippen LogP contribution < -0.4 is 5.73 Å². The van der Waals surface area contributed by atoms with E-state index in [0.717, 1.165) is 13.1 Å². The minimum Gasteiger partial charge on any atom is -0.341 e. The highest BCUT2D eigenvalue weighted by Gasteiger charge is 2.24. The molecule has 3 nitrogen and oxygen atoms in total. The topological polar surface area (TPSA) is 46.3 Å². The number of likely N-dealkylation sites (tertiary alicyclic amines) is 1. The van der Waals surface area contributed by atoms with Crippen molar-refractivity contribution < 1.29 is 4.79 Å². The van der Waals surface area contributed by atoms with Crippen molar-refractivity contribution in [2.24, 2.45) is 5.73 Å². The Kier molecular flexibility index (Phi) is 3.68. The minimum atomic E-state index is 0. The third-order valence-corrected chi connectivity index (χ3v) is 1.63. The maximum Gasteiger partial charge on any atom is 0.224 e. The molecule has 0 aromatic rings. The molecule has 0 aromatic carbocycles. The molecule has 1 amide bonds. The maximum atomic E-state index is 10.9. The normalized spacial score (nSPS) is 24.8. The Bertz CT molecular complexity index is 129. The van der Waals surface area contributed by atoms with Gasteiger partial charge in [-0.2, -0.15) is 0 Å². The Morgan fingerprint density at radius 3 is 2.60 bits per heavy atom. The van der Waals surface area contributed by atoms with E-state index >= 15 is 0 Å². The van der Waals surface area contributed by atoms with E-state index in [0.29, 0.717) is 6.42 Å². The molecule has 1 unspecified atom stereocenters. The fraction of sp³-hybridized carbons (Fsp3) is 0.833. The second kappa shape index (κ2) is 3.78. The molecule has 2 N–H and O–H groups in total. The molecule has 0 spiro atoms. The summed E-state index contributed by atoms with van der Waals surface area (Å²) in [5.74, 6) is 0.199. The van der Waals surface area contributed by atoms with E-state index in [1.54, 1.807) is 4.90 Å². The van der Waals surface area contributed by atoms with Crippen molar-refractivity contribution in [3.8, 4) is 0 Å². The summed E-state index contributed by atoms with van der Waals surface area (Å²) in [5.41, 5.74) is 5.53. The fourth-order valence-corrected chi connectivity index (χ4v) is 1.11. The zero-order valence-corrected chi connectivity index (χ0v) is 6.86. The number of nitrogens with zero attached hydrogens (tertiary/aromatic N) is 1. The molecule has 0 aromatic heterocycles. The van der Waals surface area contributed by atoms with E-state index in [4.69, 9.17) is 5.73 Å². The highest BCUT2D eigenvalue weighted by atomic mass is 35.5. The van der Waals surface area contributed by atoms with E-state index in [-0.39, 0.29) is 24.4 Å². The standard InChI is InChI=1S/C6H12N2O.ClH/c1-2-8-4-5(7)3-6(8)9;/h5H,2-4,7H2,1H3;1H. The van der Waals surface area contributed by atoms with Crippen LogP contribution in [0.3, 0.4) is 0 Å². The Hall–Kier alpha value is -0.280. The fourth-order valence-electron chi connectivity index (χ4n) is 1.11. The van der Waals surface area contributed by atoms with Gasteiger partial charge in [0, 0.05) is 25.6 Å². The molecule has 1 rings (SSSR count). The quantitative estimate of drug-likeness (QED) is 0.593. The Morgan fingerprint density at radius 1 is 1.80 bits per heavy atom. The first-order valence-electron chi connectivity index (χ1n) is 3.27. The van der Waals surface area contributed by atoms with Crippen LogP contribution in [0.15, 0.2) is 0 Å². The number of halogens is 1. The summed E-state index contributed by atoms with van der Waals surface area (Å²) in [6, 6.07) is 0.0810. The molecule has 0 saturated carbocycles. The lowest BCUT2D eigenvalue weighted by molar-refractivity contribution is -0.127. The number of carbonyl (C=O) groups excluding carboxylic acids is 1. The number of carbonyl (C=O) groups is 1. The number of hydrogen-bond donors (Lipinski definition) is 1. The zero-order chi connectivity index (χ0) is 6.85. The first kappa shape index (κ1) is 9.72. The van der Waals surface area contributed by atoms with Crippen molar-refractivity contribution in [2.45, 2.75) is 19.4 Å². The van der Waals surface area contributed by atoms with Crippen LogP contribution in [0.4, 0.5) is 0 Å². The number of hydrogen-bond acceptors (Lipinski definition) is 2. The van der Waals surface area contributed by atoms with Gasteiger partial charge in [0.2, 0.25) is 5.91 Å². The molecule has 1 aliphatic heterocycles. The molecule has 1 fully saturated rings. The second-order valence-corrected chi connectivity index (χ2v) is 2.40. The summed E-state index contributed by atoms with van der Waals surface area (Å²) in [6.07, 6.45) is 0.536. The summed E-state index contributed by atoms with van der Waals surface area (Å²) in [7, 11) is 0. The van der Waals surface area contributed by atoms with Gasteiger partial charge in [-0.3, -0.25) is 4.79 Å². The van der Waals surface area contributed by atoms with Gasteiger partial charge in [0.25, 0.3) is 0 Å². The van der Waals surface area contributed by atoms with Crippen molar-refractivity contribution in [3.05, 3.63) is 0 Å². The number of nitrogens with two attached hydrogens (primary N) is 1. The molecule has 10 heavy (non-hydrogen) atoms. The molecule has 1 atom stereocenters. The van der Waals surface area contributed by atoms with Crippen LogP contribution in [0.2, 0.25) is 0 Å². The van der Waals surface area contributed by atoms with Gasteiger partial charge in [-0.25, -0.2) is 0 Å². The predicted molar refractivity (Wildman–Crippen MR) is 42.1 cm³/mol. The van der Waals surface area contributed by atoms with Gasteiger partial charge < -0.3 is 10.6 Å². The monoisotopic (exact) mass is 164 g/mol. The number of rotatable bonds is 1. The average Bonchev–Trinajstić information content (AvgIpc) is 2.10. The lowest BCUT2D eigenvalue weighted by Crippen LogP contribution is -2.27. The molecule has 60 valence electrons. The Morgan fingerprint density at radius 2 is 2.40 bits per heavy atom. The van der Waals surface area contributed by atoms with E-state index < -0.39 is 0 Å². The van der Waals surface area contributed by atoms with Crippen LogP contribution in [0.1, 0.15) is 13.3 Å². The molecule has 0 bridgehead atoms. The summed E-state index contributed by atoms with van der Waals surface area (Å²) in [5, 5.41) is 0. The van der Waals surface area contributed by atoms with Crippen molar-refractivity contribution in [2.75, 3.05) is 13.1 Å². The highest BCUT2D eigenvalue weighted by Crippen LogP contribution is 2.06. The molecule has 1 saturated heterocycles. The van der Waals surface area contributed by atoms with Crippen LogP contribution in [-0.4, -0.2) is 29.9 Å². The molecule has 0 aliphatic carbocycles. The second-order valence-electron chi connectivity index (χ2n) is 2.40. The van der Waals surface area contributed by atoms with Gasteiger partial charge in [0.1, 0.15) is 0 Å². The van der Waals surface area contributed by atoms with Gasteiger partial charge in [-0.15, -0.1) is 12.4 Å². The van der Waals surface area contributed by atoms with Crippen LogP contribution in [0.5, 0.6) is 0 Å². The van der Waals surface area contributed by atoms with Gasteiger partial charge in [-0.1, -0.05) is 0 Å². The van der Waals surface area contributed by atoms with E-state index in [1.807, 2.05) is 6.92 Å². The van der Waals surface area contributed by atoms with Gasteiger partial charge in [0.05, 0.1) is 0 Å². The maximum absolute atomic E-state index is 10.9. The molecule has 4 heteroatoms. The molecule has 1 heterocycles. The van der Waals surface area contributed by atoms with E-state index in [1.165, 1.54) is 0 Å². The summed E-state index contributed by atoms with van der Waals surface area (Å²) in [6.45, 7) is 3.51. The number of likely N-dealkylation sites (N-methyl/N-ethyl adjacent to an activating group) is 1. The van der Waals surface area contributed by atoms with Crippen LogP contribution >= 0.6 is 12.4 Å². The molecular weight excluding hydrogens is 152 g/mol. The third-order valence-electron chi connectivity index (χ3n) is 1.63. The molecule has 1 aliphatic rings. The largest absolute Gasteiger partial charge is 0.341 e. The predicted octanol–water partition coefficient (Wildman–Crippen LogP) is -0.0123. The van der Waals surface area contributed by atoms with E-state index in [9.17, 15) is 4.79 Å². The van der Waals surface area contributed by atoms with Crippen molar-refractivity contribution in [3.63, 3.8) is 0 Å². The SMILES string of the molecule is CCN1CC(N)CC1=O.Cl. The van der Waals surface area contributed by atoms with Crippen molar-refractivity contribution in [1.82, 2.24) is 4.90 Å². The van der Waals surface area contributed by atoms with E-state index in [2.05, 4.69) is 0 Å². The first-order chi connectivity index (χ1) is 4.24. The lowest BCUT2D eigenvalue weighted by atomic mass is 10.3. The van der Waals surface area contributed by atoms with Crippen molar-refractivity contribution in [1.29, 1.82) is 0 Å². The summed E-state index contributed by atoms with van der Waals surface area (Å²) in [4.78, 5) is 12.6.